The third-order valence-corrected chi connectivity index (χ3v) is 9.41. The summed E-state index contributed by atoms with van der Waals surface area (Å²) >= 11 is 0. The number of fused-ring (bicyclic) bond motifs is 1. The van der Waals surface area contributed by atoms with Gasteiger partial charge in [0.1, 0.15) is 35.8 Å². The predicted octanol–water partition coefficient (Wildman–Crippen LogP) is 5.13. The highest BCUT2D eigenvalue weighted by molar-refractivity contribution is 6.76. The van der Waals surface area contributed by atoms with Crippen molar-refractivity contribution in [2.24, 2.45) is 5.92 Å². The standard InChI is InChI=1S/C29H38FN5O5Si/c1-18-24(28(36)33-21-9-10-34(14-21)29(37)38)26-27(35(18)17-39-11-12-41(2,3)4)25(31-16-32-26)22-13-20(30)7-8-23(22)40-15-19-5-6-19/h7-8,13,16,19,21H,5-6,9-12,14-15,17H2,1-4H3,(H,33,36)(H,37,38)/t21-/m1/s1. The lowest BCUT2D eigenvalue weighted by Gasteiger charge is -2.17. The molecule has 0 radical (unpaired) electrons. The van der Waals surface area contributed by atoms with Crippen LogP contribution in [0.15, 0.2) is 24.5 Å². The average Bonchev–Trinajstić information content (AvgIpc) is 3.54. The van der Waals surface area contributed by atoms with E-state index < -0.39 is 20.0 Å². The first-order valence-corrected chi connectivity index (χ1v) is 17.9. The Morgan fingerprint density at radius 3 is 2.66 bits per heavy atom. The third-order valence-electron chi connectivity index (χ3n) is 7.70. The minimum absolute atomic E-state index is 0.171. The van der Waals surface area contributed by atoms with Crippen LogP contribution >= 0.6 is 0 Å². The molecule has 220 valence electrons. The molecule has 10 nitrogen and oxygen atoms in total. The molecule has 1 saturated carbocycles. The Kier molecular flexibility index (Phi) is 8.32. The monoisotopic (exact) mass is 583 g/mol. The summed E-state index contributed by atoms with van der Waals surface area (Å²) in [5.74, 6) is 0.259. The van der Waals surface area contributed by atoms with Crippen LogP contribution in [0.5, 0.6) is 5.75 Å². The normalized spacial score (nSPS) is 17.3. The lowest BCUT2D eigenvalue weighted by Crippen LogP contribution is -2.38. The van der Waals surface area contributed by atoms with E-state index in [0.717, 1.165) is 18.9 Å². The van der Waals surface area contributed by atoms with Crippen LogP contribution < -0.4 is 10.1 Å². The van der Waals surface area contributed by atoms with Crippen molar-refractivity contribution in [1.29, 1.82) is 0 Å². The Hall–Kier alpha value is -3.51. The molecule has 0 spiro atoms. The Morgan fingerprint density at radius 1 is 1.20 bits per heavy atom. The van der Waals surface area contributed by atoms with Gasteiger partial charge >= 0.3 is 6.09 Å². The van der Waals surface area contributed by atoms with Crippen LogP contribution in [0.2, 0.25) is 25.7 Å². The maximum atomic E-state index is 14.6. The van der Waals surface area contributed by atoms with Crippen molar-refractivity contribution in [2.75, 3.05) is 26.3 Å². The number of hydrogen-bond acceptors (Lipinski definition) is 6. The van der Waals surface area contributed by atoms with Crippen molar-refractivity contribution in [2.45, 2.75) is 64.6 Å². The largest absolute Gasteiger partial charge is 0.493 e. The van der Waals surface area contributed by atoms with Crippen molar-refractivity contribution in [3.05, 3.63) is 41.6 Å². The second kappa shape index (κ2) is 11.8. The number of carbonyl (C=O) groups excluding carboxylic acids is 1. The number of benzene rings is 1. The molecular weight excluding hydrogens is 545 g/mol. The minimum Gasteiger partial charge on any atom is -0.493 e. The number of rotatable bonds is 11. The van der Waals surface area contributed by atoms with E-state index in [1.807, 2.05) is 11.5 Å². The molecule has 41 heavy (non-hydrogen) atoms. The first-order valence-electron chi connectivity index (χ1n) is 14.1. The summed E-state index contributed by atoms with van der Waals surface area (Å²) in [5.41, 5.74) is 2.92. The van der Waals surface area contributed by atoms with Crippen molar-refractivity contribution in [3.8, 4) is 17.0 Å². The van der Waals surface area contributed by atoms with Crippen LogP contribution in [0.25, 0.3) is 22.3 Å². The van der Waals surface area contributed by atoms with E-state index in [1.165, 1.54) is 23.4 Å². The van der Waals surface area contributed by atoms with Gasteiger partial charge in [-0.15, -0.1) is 0 Å². The van der Waals surface area contributed by atoms with Gasteiger partial charge in [-0.3, -0.25) is 4.79 Å². The van der Waals surface area contributed by atoms with Crippen LogP contribution in [-0.4, -0.2) is 77.0 Å². The lowest BCUT2D eigenvalue weighted by molar-refractivity contribution is 0.0880. The average molecular weight is 584 g/mol. The third kappa shape index (κ3) is 6.70. The van der Waals surface area contributed by atoms with Gasteiger partial charge in [0.2, 0.25) is 0 Å². The summed E-state index contributed by atoms with van der Waals surface area (Å²) in [6.45, 7) is 10.6. The van der Waals surface area contributed by atoms with E-state index in [1.54, 1.807) is 6.07 Å². The van der Waals surface area contributed by atoms with Crippen LogP contribution in [0.3, 0.4) is 0 Å². The van der Waals surface area contributed by atoms with Gasteiger partial charge in [-0.05, 0) is 56.3 Å². The Balaban J connectivity index is 1.54. The molecule has 0 bridgehead atoms. The SMILES string of the molecule is Cc1c(C(=O)N[C@@H]2CCN(C(=O)O)C2)c2ncnc(-c3cc(F)ccc3OCC3CC3)c2n1COCC[Si](C)(C)C. The zero-order valence-electron chi connectivity index (χ0n) is 24.1. The molecule has 0 unspecified atom stereocenters. The lowest BCUT2D eigenvalue weighted by atomic mass is 10.1. The fraction of sp³-hybridized carbons (Fsp3) is 0.517. The highest BCUT2D eigenvalue weighted by atomic mass is 28.3. The van der Waals surface area contributed by atoms with E-state index in [9.17, 15) is 19.1 Å². The number of carboxylic acid groups (broad SMARTS) is 1. The highest BCUT2D eigenvalue weighted by Gasteiger charge is 2.31. The summed E-state index contributed by atoms with van der Waals surface area (Å²) in [6, 6.07) is 5.06. The van der Waals surface area contributed by atoms with Crippen LogP contribution in [0.4, 0.5) is 9.18 Å². The first kappa shape index (κ1) is 29.0. The summed E-state index contributed by atoms with van der Waals surface area (Å²) in [7, 11) is -1.33. The number of nitrogens with zero attached hydrogens (tertiary/aromatic N) is 4. The van der Waals surface area contributed by atoms with E-state index in [-0.39, 0.29) is 25.2 Å². The Bertz CT molecular complexity index is 1450. The number of amides is 2. The van der Waals surface area contributed by atoms with Gasteiger partial charge in [-0.1, -0.05) is 19.6 Å². The van der Waals surface area contributed by atoms with Crippen molar-refractivity contribution < 1.29 is 28.6 Å². The van der Waals surface area contributed by atoms with Crippen molar-refractivity contribution >= 4 is 31.1 Å². The summed E-state index contributed by atoms with van der Waals surface area (Å²) in [4.78, 5) is 35.4. The molecular formula is C29H38FN5O5Si. The number of halogens is 1. The summed E-state index contributed by atoms with van der Waals surface area (Å²) in [5, 5.41) is 12.3. The zero-order chi connectivity index (χ0) is 29.3. The highest BCUT2D eigenvalue weighted by Crippen LogP contribution is 2.38. The van der Waals surface area contributed by atoms with E-state index >= 15 is 0 Å². The van der Waals surface area contributed by atoms with E-state index in [2.05, 4.69) is 34.9 Å². The molecule has 3 heterocycles. The molecule has 5 rings (SSSR count). The number of likely N-dealkylation sites (tertiary alicyclic amines) is 1. The Morgan fingerprint density at radius 2 is 1.98 bits per heavy atom. The number of ether oxygens (including phenoxy) is 2. The second-order valence-electron chi connectivity index (χ2n) is 12.2. The molecule has 1 aliphatic carbocycles. The molecule has 2 N–H and O–H groups in total. The second-order valence-corrected chi connectivity index (χ2v) is 17.9. The molecule has 1 aliphatic heterocycles. The molecule has 1 atom stereocenters. The maximum absolute atomic E-state index is 14.6. The number of carbonyl (C=O) groups is 2. The van der Waals surface area contributed by atoms with Gasteiger partial charge in [-0.2, -0.15) is 0 Å². The molecule has 2 aliphatic rings. The predicted molar refractivity (Wildman–Crippen MR) is 155 cm³/mol. The topological polar surface area (TPSA) is 119 Å². The van der Waals surface area contributed by atoms with Gasteiger partial charge < -0.3 is 29.4 Å². The van der Waals surface area contributed by atoms with Gasteiger partial charge in [0.25, 0.3) is 5.91 Å². The molecule has 1 saturated heterocycles. The molecule has 3 aromatic rings. The molecule has 2 amide bonds. The molecule has 2 fully saturated rings. The smallest absolute Gasteiger partial charge is 0.407 e. The van der Waals surface area contributed by atoms with E-state index in [0.29, 0.717) is 71.4 Å². The van der Waals surface area contributed by atoms with Crippen LogP contribution in [0, 0.1) is 18.7 Å². The van der Waals surface area contributed by atoms with Crippen molar-refractivity contribution in [1.82, 2.24) is 24.8 Å². The van der Waals surface area contributed by atoms with E-state index in [4.69, 9.17) is 9.47 Å². The quantitative estimate of drug-likeness (QED) is 0.237. The fourth-order valence-corrected chi connectivity index (χ4v) is 5.83. The van der Waals surface area contributed by atoms with Crippen molar-refractivity contribution in [3.63, 3.8) is 0 Å². The van der Waals surface area contributed by atoms with Gasteiger partial charge in [0.15, 0.2) is 0 Å². The number of hydrogen-bond donors (Lipinski definition) is 2. The van der Waals surface area contributed by atoms with Crippen LogP contribution in [0.1, 0.15) is 35.3 Å². The van der Waals surface area contributed by atoms with Gasteiger partial charge in [-0.25, -0.2) is 19.2 Å². The molecule has 1 aromatic carbocycles. The fourth-order valence-electron chi connectivity index (χ4n) is 5.07. The zero-order valence-corrected chi connectivity index (χ0v) is 25.1. The first-order chi connectivity index (χ1) is 19.5. The summed E-state index contributed by atoms with van der Waals surface area (Å²) < 4.78 is 28.7. The number of aromatic nitrogens is 3. The minimum atomic E-state index is -1.33. The number of nitrogens with one attached hydrogen (secondary N) is 1. The Labute approximate surface area is 239 Å². The summed E-state index contributed by atoms with van der Waals surface area (Å²) in [6.07, 6.45) is 3.14. The molecule has 12 heteroatoms. The molecule has 2 aromatic heterocycles. The van der Waals surface area contributed by atoms with Gasteiger partial charge in [0, 0.05) is 45.1 Å². The van der Waals surface area contributed by atoms with Gasteiger partial charge in [0.05, 0.1) is 17.7 Å². The maximum Gasteiger partial charge on any atom is 0.407 e. The van der Waals surface area contributed by atoms with Crippen LogP contribution in [-0.2, 0) is 11.5 Å².